The van der Waals surface area contributed by atoms with Crippen LogP contribution < -0.4 is 0 Å². The SMILES string of the molecule is O=C1CCc2cc3sc4ccccc4c3cc21. The van der Waals surface area contributed by atoms with Gasteiger partial charge in [-0.05, 0) is 30.2 Å². The Labute approximate surface area is 103 Å². The topological polar surface area (TPSA) is 17.1 Å². The smallest absolute Gasteiger partial charge is 0.163 e. The Morgan fingerprint density at radius 2 is 1.82 bits per heavy atom. The minimum atomic E-state index is 0.303. The Bertz CT molecular complexity index is 767. The Morgan fingerprint density at radius 3 is 2.76 bits per heavy atom. The van der Waals surface area contributed by atoms with Gasteiger partial charge in [-0.3, -0.25) is 4.79 Å². The van der Waals surface area contributed by atoms with Gasteiger partial charge in [0.15, 0.2) is 5.78 Å². The van der Waals surface area contributed by atoms with Crippen molar-refractivity contribution in [2.75, 3.05) is 0 Å². The van der Waals surface area contributed by atoms with E-state index in [1.807, 2.05) is 11.3 Å². The molecule has 0 saturated carbocycles. The summed E-state index contributed by atoms with van der Waals surface area (Å²) < 4.78 is 2.61. The van der Waals surface area contributed by atoms with E-state index >= 15 is 0 Å². The Morgan fingerprint density at radius 1 is 0.941 bits per heavy atom. The van der Waals surface area contributed by atoms with Crippen LogP contribution in [0.2, 0.25) is 0 Å². The van der Waals surface area contributed by atoms with Crippen molar-refractivity contribution in [2.24, 2.45) is 0 Å². The van der Waals surface area contributed by atoms with Crippen molar-refractivity contribution in [2.45, 2.75) is 12.8 Å². The molecule has 0 N–H and O–H groups in total. The van der Waals surface area contributed by atoms with Crippen LogP contribution in [0.1, 0.15) is 22.3 Å². The van der Waals surface area contributed by atoms with E-state index in [0.29, 0.717) is 12.2 Å². The van der Waals surface area contributed by atoms with Crippen LogP contribution in [0.3, 0.4) is 0 Å². The van der Waals surface area contributed by atoms with Crippen LogP contribution in [-0.4, -0.2) is 5.78 Å². The normalized spacial score (nSPS) is 14.7. The van der Waals surface area contributed by atoms with Gasteiger partial charge in [-0.25, -0.2) is 0 Å². The molecule has 1 aromatic heterocycles. The zero-order valence-electron chi connectivity index (χ0n) is 9.19. The molecule has 1 heterocycles. The molecule has 3 aromatic rings. The largest absolute Gasteiger partial charge is 0.294 e. The maximum atomic E-state index is 11.8. The van der Waals surface area contributed by atoms with E-state index in [-0.39, 0.29) is 0 Å². The van der Waals surface area contributed by atoms with Crippen molar-refractivity contribution in [3.8, 4) is 0 Å². The number of fused-ring (bicyclic) bond motifs is 4. The highest BCUT2D eigenvalue weighted by molar-refractivity contribution is 7.25. The first-order valence-electron chi connectivity index (χ1n) is 5.80. The number of hydrogen-bond acceptors (Lipinski definition) is 2. The van der Waals surface area contributed by atoms with Crippen molar-refractivity contribution < 1.29 is 4.79 Å². The van der Waals surface area contributed by atoms with Gasteiger partial charge in [0.2, 0.25) is 0 Å². The lowest BCUT2D eigenvalue weighted by atomic mass is 10.1. The Hall–Kier alpha value is -1.67. The van der Waals surface area contributed by atoms with E-state index in [9.17, 15) is 4.79 Å². The third-order valence-electron chi connectivity index (χ3n) is 3.52. The summed E-state index contributed by atoms with van der Waals surface area (Å²) >= 11 is 1.82. The fourth-order valence-electron chi connectivity index (χ4n) is 2.66. The standard InChI is InChI=1S/C15H10OS/c16-13-6-5-9-7-15-12(8-11(9)13)10-3-1-2-4-14(10)17-15/h1-4,7-8H,5-6H2. The minimum Gasteiger partial charge on any atom is -0.294 e. The average Bonchev–Trinajstić information content (AvgIpc) is 2.88. The van der Waals surface area contributed by atoms with Crippen LogP contribution in [0.25, 0.3) is 20.2 Å². The molecular weight excluding hydrogens is 228 g/mol. The quantitative estimate of drug-likeness (QED) is 0.574. The van der Waals surface area contributed by atoms with E-state index < -0.39 is 0 Å². The minimum absolute atomic E-state index is 0.303. The fourth-order valence-corrected chi connectivity index (χ4v) is 3.81. The van der Waals surface area contributed by atoms with Crippen LogP contribution in [0, 0.1) is 0 Å². The lowest BCUT2D eigenvalue weighted by molar-refractivity contribution is 0.0994. The molecule has 1 aliphatic rings. The highest BCUT2D eigenvalue weighted by Gasteiger charge is 2.20. The van der Waals surface area contributed by atoms with Crippen molar-refractivity contribution >= 4 is 37.3 Å². The zero-order chi connectivity index (χ0) is 11.4. The molecule has 0 fully saturated rings. The molecule has 0 radical (unpaired) electrons. The predicted octanol–water partition coefficient (Wildman–Crippen LogP) is 4.18. The van der Waals surface area contributed by atoms with E-state index in [1.54, 1.807) is 0 Å². The number of Topliss-reactive ketones (excluding diaryl/α,β-unsaturated/α-hetero) is 1. The fraction of sp³-hybridized carbons (Fsp3) is 0.133. The monoisotopic (exact) mass is 238 g/mol. The Kier molecular flexibility index (Phi) is 1.75. The number of thiophene rings is 1. The van der Waals surface area contributed by atoms with Gasteiger partial charge in [0.05, 0.1) is 0 Å². The summed E-state index contributed by atoms with van der Waals surface area (Å²) in [5, 5.41) is 2.51. The van der Waals surface area contributed by atoms with Gasteiger partial charge in [-0.2, -0.15) is 0 Å². The average molecular weight is 238 g/mol. The summed E-state index contributed by atoms with van der Waals surface area (Å²) in [6.07, 6.45) is 1.60. The van der Waals surface area contributed by atoms with Crippen molar-refractivity contribution in [3.05, 3.63) is 47.5 Å². The summed E-state index contributed by atoms with van der Waals surface area (Å²) in [5.41, 5.74) is 2.18. The first kappa shape index (κ1) is 9.37. The number of rotatable bonds is 0. The van der Waals surface area contributed by atoms with Gasteiger partial charge in [0.1, 0.15) is 0 Å². The highest BCUT2D eigenvalue weighted by atomic mass is 32.1. The highest BCUT2D eigenvalue weighted by Crippen LogP contribution is 2.37. The first-order chi connectivity index (χ1) is 8.33. The van der Waals surface area contributed by atoms with E-state index in [1.165, 1.54) is 25.7 Å². The molecule has 0 amide bonds. The number of aryl methyl sites for hydroxylation is 1. The molecule has 4 rings (SSSR count). The molecule has 0 bridgehead atoms. The third-order valence-corrected chi connectivity index (χ3v) is 4.66. The van der Waals surface area contributed by atoms with Crippen molar-refractivity contribution in [3.63, 3.8) is 0 Å². The molecule has 0 aliphatic heterocycles. The Balaban J connectivity index is 2.19. The summed E-state index contributed by atoms with van der Waals surface area (Å²) in [5.74, 6) is 0.303. The molecule has 82 valence electrons. The van der Waals surface area contributed by atoms with Gasteiger partial charge in [-0.1, -0.05) is 18.2 Å². The molecule has 17 heavy (non-hydrogen) atoms. The van der Waals surface area contributed by atoms with Crippen LogP contribution in [0.15, 0.2) is 36.4 Å². The van der Waals surface area contributed by atoms with Gasteiger partial charge in [-0.15, -0.1) is 11.3 Å². The van der Waals surface area contributed by atoms with Gasteiger partial charge < -0.3 is 0 Å². The summed E-state index contributed by atoms with van der Waals surface area (Å²) in [7, 11) is 0. The number of carbonyl (C=O) groups is 1. The molecule has 2 heteroatoms. The van der Waals surface area contributed by atoms with Gasteiger partial charge in [0.25, 0.3) is 0 Å². The molecular formula is C15H10OS. The van der Waals surface area contributed by atoms with Crippen LogP contribution in [0.5, 0.6) is 0 Å². The molecule has 1 aliphatic carbocycles. The first-order valence-corrected chi connectivity index (χ1v) is 6.62. The molecule has 1 nitrogen and oxygen atoms in total. The summed E-state index contributed by atoms with van der Waals surface area (Å²) in [6, 6.07) is 12.7. The van der Waals surface area contributed by atoms with Gasteiger partial charge in [0, 0.05) is 32.2 Å². The lowest BCUT2D eigenvalue weighted by Gasteiger charge is -1.98. The molecule has 0 saturated heterocycles. The summed E-state index contributed by atoms with van der Waals surface area (Å²) in [6.45, 7) is 0. The summed E-state index contributed by atoms with van der Waals surface area (Å²) in [4.78, 5) is 11.8. The lowest BCUT2D eigenvalue weighted by Crippen LogP contribution is -1.89. The molecule has 2 aromatic carbocycles. The number of ketones is 1. The maximum absolute atomic E-state index is 11.8. The van der Waals surface area contributed by atoms with E-state index in [0.717, 1.165) is 12.0 Å². The van der Waals surface area contributed by atoms with E-state index in [2.05, 4.69) is 36.4 Å². The van der Waals surface area contributed by atoms with Gasteiger partial charge >= 0.3 is 0 Å². The number of benzene rings is 2. The van der Waals surface area contributed by atoms with Crippen LogP contribution in [-0.2, 0) is 6.42 Å². The molecule has 0 spiro atoms. The molecule has 0 atom stereocenters. The second kappa shape index (κ2) is 3.17. The van der Waals surface area contributed by atoms with Crippen molar-refractivity contribution in [1.82, 2.24) is 0 Å². The van der Waals surface area contributed by atoms with Crippen LogP contribution in [0.4, 0.5) is 0 Å². The molecule has 0 unspecified atom stereocenters. The number of carbonyl (C=O) groups excluding carboxylic acids is 1. The maximum Gasteiger partial charge on any atom is 0.163 e. The van der Waals surface area contributed by atoms with Crippen LogP contribution >= 0.6 is 11.3 Å². The second-order valence-electron chi connectivity index (χ2n) is 4.53. The predicted molar refractivity (Wildman–Crippen MR) is 72.0 cm³/mol. The second-order valence-corrected chi connectivity index (χ2v) is 5.61. The zero-order valence-corrected chi connectivity index (χ0v) is 10.0. The van der Waals surface area contributed by atoms with Crippen molar-refractivity contribution in [1.29, 1.82) is 0 Å². The third kappa shape index (κ3) is 1.22. The number of hydrogen-bond donors (Lipinski definition) is 0. The van der Waals surface area contributed by atoms with E-state index in [4.69, 9.17) is 0 Å².